The van der Waals surface area contributed by atoms with Crippen LogP contribution in [0.1, 0.15) is 43.9 Å². The van der Waals surface area contributed by atoms with E-state index in [0.29, 0.717) is 32.5 Å². The van der Waals surface area contributed by atoms with Crippen molar-refractivity contribution in [3.63, 3.8) is 0 Å². The van der Waals surface area contributed by atoms with Crippen LogP contribution in [0.25, 0.3) is 0 Å². The van der Waals surface area contributed by atoms with Gasteiger partial charge in [-0.25, -0.2) is 0 Å². The van der Waals surface area contributed by atoms with Gasteiger partial charge in [0.2, 0.25) is 11.8 Å². The second-order valence-electron chi connectivity index (χ2n) is 6.85. The first kappa shape index (κ1) is 19.9. The number of nitrogens with zero attached hydrogens (tertiary/aromatic N) is 2. The lowest BCUT2D eigenvalue weighted by Gasteiger charge is -2.40. The number of ether oxygens (including phenoxy) is 1. The van der Waals surface area contributed by atoms with E-state index in [-0.39, 0.29) is 23.8 Å². The number of aromatic nitrogens is 1. The molecule has 148 valence electrons. The molecule has 3 rings (SSSR count). The largest absolute Gasteiger partial charge is 0.494 e. The molecule has 0 spiro atoms. The molecule has 1 aromatic heterocycles. The predicted octanol–water partition coefficient (Wildman–Crippen LogP) is 3.10. The Balaban J connectivity index is 1.80. The molecule has 0 bridgehead atoms. The van der Waals surface area contributed by atoms with E-state index >= 15 is 0 Å². The zero-order valence-electron chi connectivity index (χ0n) is 16.4. The summed E-state index contributed by atoms with van der Waals surface area (Å²) in [5.74, 6) is 0.578. The molecule has 2 atom stereocenters. The molecule has 1 saturated heterocycles. The zero-order valence-corrected chi connectivity index (χ0v) is 16.4. The van der Waals surface area contributed by atoms with Gasteiger partial charge in [-0.15, -0.1) is 0 Å². The number of rotatable bonds is 7. The Morgan fingerprint density at radius 2 is 1.89 bits per heavy atom. The van der Waals surface area contributed by atoms with Crippen LogP contribution in [0.2, 0.25) is 0 Å². The first-order chi connectivity index (χ1) is 13.6. The fourth-order valence-electron chi connectivity index (χ4n) is 3.76. The van der Waals surface area contributed by atoms with Gasteiger partial charge in [0.15, 0.2) is 0 Å². The quantitative estimate of drug-likeness (QED) is 0.800. The lowest BCUT2D eigenvalue weighted by atomic mass is 9.83. The molecule has 1 aliphatic rings. The van der Waals surface area contributed by atoms with Gasteiger partial charge in [-0.3, -0.25) is 14.6 Å². The van der Waals surface area contributed by atoms with E-state index < -0.39 is 0 Å². The first-order valence-electron chi connectivity index (χ1n) is 9.82. The average Bonchev–Trinajstić information content (AvgIpc) is 2.73. The highest BCUT2D eigenvalue weighted by Crippen LogP contribution is 2.37. The molecule has 2 aromatic rings. The summed E-state index contributed by atoms with van der Waals surface area (Å²) in [7, 11) is 0. The standard InChI is InChI=1S/C22H27N3O3/c1-3-25-20(26)10-9-19(22(27)24-15-16-11-13-23-14-12-16)21(25)17-5-7-18(8-6-17)28-4-2/h5-8,11-14,19,21H,3-4,9-10,15H2,1-2H3,(H,24,27)/t19-,21+/m1/s1. The summed E-state index contributed by atoms with van der Waals surface area (Å²) in [6.45, 7) is 5.52. The van der Waals surface area contributed by atoms with E-state index in [2.05, 4.69) is 10.3 Å². The van der Waals surface area contributed by atoms with Crippen LogP contribution in [0.4, 0.5) is 0 Å². The van der Waals surface area contributed by atoms with Crippen LogP contribution in [-0.4, -0.2) is 34.8 Å². The van der Waals surface area contributed by atoms with E-state index in [1.54, 1.807) is 12.4 Å². The van der Waals surface area contributed by atoms with Gasteiger partial charge in [0, 0.05) is 31.9 Å². The maximum absolute atomic E-state index is 13.0. The minimum atomic E-state index is -0.280. The molecule has 1 N–H and O–H groups in total. The smallest absolute Gasteiger partial charge is 0.225 e. The van der Waals surface area contributed by atoms with Crippen molar-refractivity contribution in [2.45, 2.75) is 39.3 Å². The third-order valence-electron chi connectivity index (χ3n) is 5.13. The third-order valence-corrected chi connectivity index (χ3v) is 5.13. The highest BCUT2D eigenvalue weighted by atomic mass is 16.5. The lowest BCUT2D eigenvalue weighted by Crippen LogP contribution is -2.47. The Bertz CT molecular complexity index is 792. The van der Waals surface area contributed by atoms with Crippen molar-refractivity contribution < 1.29 is 14.3 Å². The Morgan fingerprint density at radius 1 is 1.18 bits per heavy atom. The number of piperidine rings is 1. The van der Waals surface area contributed by atoms with E-state index in [0.717, 1.165) is 16.9 Å². The summed E-state index contributed by atoms with van der Waals surface area (Å²) in [5, 5.41) is 3.03. The van der Waals surface area contributed by atoms with Crippen LogP contribution >= 0.6 is 0 Å². The topological polar surface area (TPSA) is 71.5 Å². The fourth-order valence-corrected chi connectivity index (χ4v) is 3.76. The van der Waals surface area contributed by atoms with Crippen molar-refractivity contribution in [3.8, 4) is 5.75 Å². The Labute approximate surface area is 165 Å². The van der Waals surface area contributed by atoms with E-state index in [9.17, 15) is 9.59 Å². The summed E-state index contributed by atoms with van der Waals surface area (Å²) >= 11 is 0. The number of likely N-dealkylation sites (tertiary alicyclic amines) is 1. The van der Waals surface area contributed by atoms with Crippen LogP contribution in [0, 0.1) is 5.92 Å². The van der Waals surface area contributed by atoms with Gasteiger partial charge in [-0.05, 0) is 55.7 Å². The lowest BCUT2D eigenvalue weighted by molar-refractivity contribution is -0.143. The number of pyridine rings is 1. The second kappa shape index (κ2) is 9.35. The summed E-state index contributed by atoms with van der Waals surface area (Å²) in [5.41, 5.74) is 1.96. The van der Waals surface area contributed by atoms with Crippen molar-refractivity contribution in [3.05, 3.63) is 59.9 Å². The molecule has 2 amide bonds. The minimum Gasteiger partial charge on any atom is -0.494 e. The molecule has 6 heteroatoms. The van der Waals surface area contributed by atoms with E-state index in [4.69, 9.17) is 4.74 Å². The Kier molecular flexibility index (Phi) is 6.63. The first-order valence-corrected chi connectivity index (χ1v) is 9.82. The van der Waals surface area contributed by atoms with Crippen molar-refractivity contribution >= 4 is 11.8 Å². The molecule has 6 nitrogen and oxygen atoms in total. The molecule has 0 saturated carbocycles. The average molecular weight is 381 g/mol. The van der Waals surface area contributed by atoms with Gasteiger partial charge in [-0.1, -0.05) is 12.1 Å². The van der Waals surface area contributed by atoms with Crippen molar-refractivity contribution in [1.82, 2.24) is 15.2 Å². The summed E-state index contributed by atoms with van der Waals surface area (Å²) < 4.78 is 5.52. The molecule has 1 aromatic carbocycles. The second-order valence-corrected chi connectivity index (χ2v) is 6.85. The third kappa shape index (κ3) is 4.50. The Hall–Kier alpha value is -2.89. The minimum absolute atomic E-state index is 0.0263. The number of nitrogens with one attached hydrogen (secondary N) is 1. The van der Waals surface area contributed by atoms with Crippen LogP contribution < -0.4 is 10.1 Å². The van der Waals surface area contributed by atoms with E-state index in [1.807, 2.05) is 55.1 Å². The molecule has 0 radical (unpaired) electrons. The van der Waals surface area contributed by atoms with Gasteiger partial charge < -0.3 is 15.0 Å². The van der Waals surface area contributed by atoms with Gasteiger partial charge in [0.25, 0.3) is 0 Å². The highest BCUT2D eigenvalue weighted by Gasteiger charge is 2.39. The number of hydrogen-bond acceptors (Lipinski definition) is 4. The number of carbonyl (C=O) groups excluding carboxylic acids is 2. The summed E-state index contributed by atoms with van der Waals surface area (Å²) in [6.07, 6.45) is 4.37. The van der Waals surface area contributed by atoms with Crippen molar-refractivity contribution in [1.29, 1.82) is 0 Å². The molecule has 2 heterocycles. The monoisotopic (exact) mass is 381 g/mol. The number of carbonyl (C=O) groups is 2. The molecule has 1 fully saturated rings. The van der Waals surface area contributed by atoms with Crippen molar-refractivity contribution in [2.75, 3.05) is 13.2 Å². The highest BCUT2D eigenvalue weighted by molar-refractivity contribution is 5.85. The van der Waals surface area contributed by atoms with Crippen LogP contribution in [0.5, 0.6) is 5.75 Å². The number of hydrogen-bond donors (Lipinski definition) is 1. The Morgan fingerprint density at radius 3 is 2.54 bits per heavy atom. The van der Waals surface area contributed by atoms with Gasteiger partial charge in [0.05, 0.1) is 18.6 Å². The summed E-state index contributed by atoms with van der Waals surface area (Å²) in [6, 6.07) is 11.2. The number of amides is 2. The van der Waals surface area contributed by atoms with Crippen LogP contribution in [-0.2, 0) is 16.1 Å². The maximum atomic E-state index is 13.0. The molecular formula is C22H27N3O3. The fraction of sp³-hybridized carbons (Fsp3) is 0.409. The normalized spacial score (nSPS) is 19.4. The SMILES string of the molecule is CCOc1ccc([C@H]2[C@H](C(=O)NCc3ccncc3)CCC(=O)N2CC)cc1. The number of benzene rings is 1. The van der Waals surface area contributed by atoms with Crippen molar-refractivity contribution in [2.24, 2.45) is 5.92 Å². The molecule has 0 aliphatic carbocycles. The zero-order chi connectivity index (χ0) is 19.9. The van der Waals surface area contributed by atoms with Gasteiger partial charge in [-0.2, -0.15) is 0 Å². The molecular weight excluding hydrogens is 354 g/mol. The maximum Gasteiger partial charge on any atom is 0.225 e. The van der Waals surface area contributed by atoms with Crippen LogP contribution in [0.3, 0.4) is 0 Å². The van der Waals surface area contributed by atoms with Gasteiger partial charge >= 0.3 is 0 Å². The predicted molar refractivity (Wildman–Crippen MR) is 107 cm³/mol. The summed E-state index contributed by atoms with van der Waals surface area (Å²) in [4.78, 5) is 31.3. The van der Waals surface area contributed by atoms with E-state index in [1.165, 1.54) is 0 Å². The molecule has 28 heavy (non-hydrogen) atoms. The van der Waals surface area contributed by atoms with Crippen LogP contribution in [0.15, 0.2) is 48.8 Å². The van der Waals surface area contributed by atoms with Gasteiger partial charge in [0.1, 0.15) is 5.75 Å². The molecule has 0 unspecified atom stereocenters. The molecule has 1 aliphatic heterocycles.